The molecular weight excluding hydrogens is 390 g/mol. The Hall–Kier alpha value is -2.30. The number of carbonyl (C=O) groups is 2. The van der Waals surface area contributed by atoms with Gasteiger partial charge in [-0.3, -0.25) is 9.69 Å². The van der Waals surface area contributed by atoms with Gasteiger partial charge in [0, 0.05) is 32.9 Å². The van der Waals surface area contributed by atoms with E-state index < -0.39 is 16.0 Å². The third-order valence-electron chi connectivity index (χ3n) is 3.69. The summed E-state index contributed by atoms with van der Waals surface area (Å²) in [7, 11) is -0.677. The molecule has 8 nitrogen and oxygen atoms in total. The number of benzene rings is 1. The third kappa shape index (κ3) is 4.90. The Kier molecular flexibility index (Phi) is 6.68. The number of ether oxygens (including phenoxy) is 1. The van der Waals surface area contributed by atoms with Gasteiger partial charge in [-0.25, -0.2) is 22.5 Å². The van der Waals surface area contributed by atoms with Crippen LogP contribution in [0.4, 0.5) is 5.13 Å². The molecule has 0 atom stereocenters. The van der Waals surface area contributed by atoms with E-state index in [1.807, 2.05) is 6.92 Å². The van der Waals surface area contributed by atoms with Crippen LogP contribution in [-0.4, -0.2) is 50.2 Å². The van der Waals surface area contributed by atoms with Crippen LogP contribution in [0.2, 0.25) is 0 Å². The number of amides is 1. The first-order valence-corrected chi connectivity index (χ1v) is 10.4. The lowest BCUT2D eigenvalue weighted by Gasteiger charge is -2.14. The number of aromatic nitrogens is 1. The molecule has 0 radical (unpaired) electrons. The van der Waals surface area contributed by atoms with Crippen LogP contribution in [0.5, 0.6) is 0 Å². The molecule has 1 amide bonds. The van der Waals surface area contributed by atoms with E-state index in [1.54, 1.807) is 5.38 Å². The second-order valence-corrected chi connectivity index (χ2v) is 8.76. The summed E-state index contributed by atoms with van der Waals surface area (Å²) in [6, 6.07) is 5.53. The lowest BCUT2D eigenvalue weighted by molar-refractivity contribution is -0.116. The molecule has 0 bridgehead atoms. The highest BCUT2D eigenvalue weighted by atomic mass is 32.2. The first kappa shape index (κ1) is 21.0. The maximum absolute atomic E-state index is 12.1. The molecule has 2 rings (SSSR count). The summed E-state index contributed by atoms with van der Waals surface area (Å²) in [4.78, 5) is 29.6. The lowest BCUT2D eigenvalue weighted by Crippen LogP contribution is -2.27. The van der Waals surface area contributed by atoms with Gasteiger partial charge in [-0.15, -0.1) is 11.3 Å². The van der Waals surface area contributed by atoms with Gasteiger partial charge in [-0.1, -0.05) is 0 Å². The van der Waals surface area contributed by atoms with Crippen molar-refractivity contribution in [1.82, 2.24) is 9.29 Å². The maximum Gasteiger partial charge on any atom is 0.338 e. The molecule has 0 aliphatic rings. The van der Waals surface area contributed by atoms with Gasteiger partial charge in [0.2, 0.25) is 15.9 Å². The van der Waals surface area contributed by atoms with Crippen LogP contribution in [0, 0.1) is 0 Å². The van der Waals surface area contributed by atoms with Gasteiger partial charge in [-0.2, -0.15) is 0 Å². The van der Waals surface area contributed by atoms with Crippen molar-refractivity contribution < 1.29 is 22.7 Å². The van der Waals surface area contributed by atoms with Gasteiger partial charge in [0.1, 0.15) is 6.61 Å². The zero-order valence-electron chi connectivity index (χ0n) is 15.5. The smallest absolute Gasteiger partial charge is 0.338 e. The Balaban J connectivity index is 2.02. The molecule has 2 aromatic rings. The molecule has 0 spiro atoms. The number of rotatable bonds is 7. The van der Waals surface area contributed by atoms with Crippen molar-refractivity contribution in [2.24, 2.45) is 0 Å². The SMILES string of the molecule is CCN(C(C)=O)c1nc(COC(=O)c2ccc(S(=O)(=O)N(C)C)cc2)cs1. The van der Waals surface area contributed by atoms with Gasteiger partial charge in [-0.05, 0) is 31.2 Å². The van der Waals surface area contributed by atoms with E-state index in [4.69, 9.17) is 4.74 Å². The number of anilines is 1. The highest BCUT2D eigenvalue weighted by Gasteiger charge is 2.18. The standard InChI is InChI=1S/C17H21N3O5S2/c1-5-20(12(2)21)17-18-14(11-26-17)10-25-16(22)13-6-8-15(9-7-13)27(23,24)19(3)4/h6-9,11H,5,10H2,1-4H3. The lowest BCUT2D eigenvalue weighted by atomic mass is 10.2. The van der Waals surface area contributed by atoms with Gasteiger partial charge in [0.15, 0.2) is 5.13 Å². The molecule has 0 aliphatic heterocycles. The summed E-state index contributed by atoms with van der Waals surface area (Å²) >= 11 is 1.30. The highest BCUT2D eigenvalue weighted by Crippen LogP contribution is 2.21. The normalized spacial score (nSPS) is 11.4. The van der Waals surface area contributed by atoms with Crippen molar-refractivity contribution in [3.63, 3.8) is 0 Å². The summed E-state index contributed by atoms with van der Waals surface area (Å²) in [5.74, 6) is -0.694. The van der Waals surface area contributed by atoms with Crippen molar-refractivity contribution >= 4 is 38.4 Å². The molecule has 0 saturated heterocycles. The van der Waals surface area contributed by atoms with Crippen molar-refractivity contribution in [2.45, 2.75) is 25.3 Å². The van der Waals surface area contributed by atoms with Crippen molar-refractivity contribution in [1.29, 1.82) is 0 Å². The zero-order valence-corrected chi connectivity index (χ0v) is 17.1. The van der Waals surface area contributed by atoms with Gasteiger partial charge >= 0.3 is 5.97 Å². The molecular formula is C17H21N3O5S2. The maximum atomic E-state index is 12.1. The van der Waals surface area contributed by atoms with Gasteiger partial charge < -0.3 is 4.74 Å². The first-order chi connectivity index (χ1) is 12.7. The van der Waals surface area contributed by atoms with E-state index >= 15 is 0 Å². The number of sulfonamides is 1. The summed E-state index contributed by atoms with van der Waals surface area (Å²) in [5, 5.41) is 2.27. The fraction of sp³-hybridized carbons (Fsp3) is 0.353. The Morgan fingerprint density at radius 1 is 1.19 bits per heavy atom. The Morgan fingerprint density at radius 2 is 1.81 bits per heavy atom. The van der Waals surface area contributed by atoms with Crippen LogP contribution in [0.25, 0.3) is 0 Å². The van der Waals surface area contributed by atoms with E-state index in [0.29, 0.717) is 17.4 Å². The van der Waals surface area contributed by atoms with Crippen LogP contribution in [0.3, 0.4) is 0 Å². The molecule has 1 heterocycles. The van der Waals surface area contributed by atoms with E-state index in [9.17, 15) is 18.0 Å². The predicted molar refractivity (Wildman–Crippen MR) is 102 cm³/mol. The molecule has 0 aliphatic carbocycles. The minimum atomic E-state index is -3.55. The number of thiazole rings is 1. The highest BCUT2D eigenvalue weighted by molar-refractivity contribution is 7.89. The molecule has 146 valence electrons. The second kappa shape index (κ2) is 8.59. The van der Waals surface area contributed by atoms with Crippen molar-refractivity contribution in [3.8, 4) is 0 Å². The molecule has 27 heavy (non-hydrogen) atoms. The second-order valence-electron chi connectivity index (χ2n) is 5.77. The molecule has 0 N–H and O–H groups in total. The van der Waals surface area contributed by atoms with Crippen LogP contribution >= 0.6 is 11.3 Å². The monoisotopic (exact) mass is 411 g/mol. The van der Waals surface area contributed by atoms with Crippen LogP contribution in [0.15, 0.2) is 34.5 Å². The predicted octanol–water partition coefficient (Wildman–Crippen LogP) is 2.12. The average molecular weight is 412 g/mol. The third-order valence-corrected chi connectivity index (χ3v) is 6.43. The fourth-order valence-electron chi connectivity index (χ4n) is 2.18. The average Bonchev–Trinajstić information content (AvgIpc) is 3.08. The number of hydrogen-bond donors (Lipinski definition) is 0. The Bertz CT molecular complexity index is 920. The molecule has 0 fully saturated rings. The van der Waals surface area contributed by atoms with E-state index in [-0.39, 0.29) is 23.0 Å². The molecule has 0 unspecified atom stereocenters. The van der Waals surface area contributed by atoms with Crippen molar-refractivity contribution in [2.75, 3.05) is 25.5 Å². The number of hydrogen-bond acceptors (Lipinski definition) is 7. The summed E-state index contributed by atoms with van der Waals surface area (Å²) in [6.07, 6.45) is 0. The first-order valence-electron chi connectivity index (χ1n) is 8.09. The number of carbonyl (C=O) groups excluding carboxylic acids is 2. The van der Waals surface area contributed by atoms with Crippen LogP contribution < -0.4 is 4.90 Å². The molecule has 10 heteroatoms. The van der Waals surface area contributed by atoms with Crippen molar-refractivity contribution in [3.05, 3.63) is 40.9 Å². The summed E-state index contributed by atoms with van der Waals surface area (Å²) in [5.41, 5.74) is 0.775. The van der Waals surface area contributed by atoms with Crippen LogP contribution in [-0.2, 0) is 26.2 Å². The largest absolute Gasteiger partial charge is 0.456 e. The topological polar surface area (TPSA) is 96.9 Å². The fourth-order valence-corrected chi connectivity index (χ4v) is 3.99. The Morgan fingerprint density at radius 3 is 2.33 bits per heavy atom. The number of esters is 1. The minimum Gasteiger partial charge on any atom is -0.456 e. The van der Waals surface area contributed by atoms with E-state index in [2.05, 4.69) is 4.98 Å². The molecule has 1 aromatic heterocycles. The van der Waals surface area contributed by atoms with E-state index in [1.165, 1.54) is 61.5 Å². The summed E-state index contributed by atoms with van der Waals surface area (Å²) in [6.45, 7) is 3.78. The van der Waals surface area contributed by atoms with Crippen LogP contribution in [0.1, 0.15) is 29.9 Å². The molecule has 1 aromatic carbocycles. The minimum absolute atomic E-state index is 0.0391. The van der Waals surface area contributed by atoms with Gasteiger partial charge in [0.05, 0.1) is 16.2 Å². The quantitative estimate of drug-likeness (QED) is 0.648. The van der Waals surface area contributed by atoms with E-state index in [0.717, 1.165) is 4.31 Å². The van der Waals surface area contributed by atoms with Gasteiger partial charge in [0.25, 0.3) is 0 Å². The number of nitrogens with zero attached hydrogens (tertiary/aromatic N) is 3. The Labute approximate surface area is 162 Å². The molecule has 0 saturated carbocycles. The summed E-state index contributed by atoms with van der Waals surface area (Å²) < 4.78 is 30.4. The zero-order chi connectivity index (χ0) is 20.2.